The zero-order valence-corrected chi connectivity index (χ0v) is 17.0. The van der Waals surface area contributed by atoms with Gasteiger partial charge in [0.2, 0.25) is 0 Å². The van der Waals surface area contributed by atoms with Gasteiger partial charge in [0.05, 0.1) is 18.2 Å². The van der Waals surface area contributed by atoms with Crippen molar-refractivity contribution >= 4 is 17.1 Å². The van der Waals surface area contributed by atoms with Crippen LogP contribution >= 0.6 is 0 Å². The van der Waals surface area contributed by atoms with Crippen molar-refractivity contribution in [3.8, 4) is 5.75 Å². The summed E-state index contributed by atoms with van der Waals surface area (Å²) in [6.07, 6.45) is 1.56. The summed E-state index contributed by atoms with van der Waals surface area (Å²) in [7, 11) is 1.54. The summed E-state index contributed by atoms with van der Waals surface area (Å²) in [5.41, 5.74) is -0.0255. The SMILES string of the molecule is C=C(Cc1ccc(OC)cc1)c1c(F)ccc(F)c1C(=O)/C(=C\C)C(=O)CCCO. The Morgan fingerprint density at radius 2 is 1.67 bits per heavy atom. The van der Waals surface area contributed by atoms with Crippen LogP contribution in [-0.4, -0.2) is 30.4 Å². The molecular weight excluding hydrogens is 390 g/mol. The number of carbonyl (C=O) groups excluding carboxylic acids is 2. The highest BCUT2D eigenvalue weighted by Gasteiger charge is 2.27. The van der Waals surface area contributed by atoms with Crippen molar-refractivity contribution in [3.05, 3.63) is 83.0 Å². The van der Waals surface area contributed by atoms with Crippen LogP contribution in [0.5, 0.6) is 5.75 Å². The Kier molecular flexibility index (Phi) is 8.18. The minimum Gasteiger partial charge on any atom is -0.497 e. The molecule has 0 bridgehead atoms. The third-order valence-electron chi connectivity index (χ3n) is 4.66. The predicted octanol–water partition coefficient (Wildman–Crippen LogP) is 4.70. The van der Waals surface area contributed by atoms with Crippen LogP contribution in [0, 0.1) is 11.6 Å². The fourth-order valence-electron chi connectivity index (χ4n) is 3.13. The average Bonchev–Trinajstić information content (AvgIpc) is 2.74. The summed E-state index contributed by atoms with van der Waals surface area (Å²) in [5.74, 6) is -2.51. The Morgan fingerprint density at radius 3 is 2.20 bits per heavy atom. The van der Waals surface area contributed by atoms with Gasteiger partial charge < -0.3 is 9.84 Å². The molecule has 30 heavy (non-hydrogen) atoms. The molecule has 0 heterocycles. The van der Waals surface area contributed by atoms with Crippen LogP contribution in [0.4, 0.5) is 8.78 Å². The second-order valence-electron chi connectivity index (χ2n) is 6.69. The smallest absolute Gasteiger partial charge is 0.199 e. The molecule has 0 aliphatic carbocycles. The molecule has 0 saturated heterocycles. The summed E-state index contributed by atoms with van der Waals surface area (Å²) < 4.78 is 34.5. The Balaban J connectivity index is 2.43. The lowest BCUT2D eigenvalue weighted by Crippen LogP contribution is -2.18. The number of aliphatic hydroxyl groups is 1. The van der Waals surface area contributed by atoms with E-state index in [1.165, 1.54) is 20.1 Å². The topological polar surface area (TPSA) is 63.6 Å². The molecule has 0 aromatic heterocycles. The maximum atomic E-state index is 14.7. The van der Waals surface area contributed by atoms with E-state index < -0.39 is 28.8 Å². The van der Waals surface area contributed by atoms with Gasteiger partial charge in [-0.15, -0.1) is 0 Å². The number of allylic oxidation sites excluding steroid dienone is 3. The van der Waals surface area contributed by atoms with Crippen LogP contribution in [0.2, 0.25) is 0 Å². The molecule has 0 amide bonds. The van der Waals surface area contributed by atoms with Gasteiger partial charge in [-0.25, -0.2) is 8.78 Å². The van der Waals surface area contributed by atoms with Gasteiger partial charge in [-0.05, 0) is 55.2 Å². The monoisotopic (exact) mass is 414 g/mol. The van der Waals surface area contributed by atoms with Crippen molar-refractivity contribution in [3.63, 3.8) is 0 Å². The van der Waals surface area contributed by atoms with Crippen molar-refractivity contribution in [2.75, 3.05) is 13.7 Å². The quantitative estimate of drug-likeness (QED) is 0.265. The van der Waals surface area contributed by atoms with Crippen molar-refractivity contribution < 1.29 is 28.2 Å². The number of ether oxygens (including phenoxy) is 1. The van der Waals surface area contributed by atoms with Gasteiger partial charge in [0.1, 0.15) is 17.4 Å². The summed E-state index contributed by atoms with van der Waals surface area (Å²) in [6.45, 7) is 5.13. The minimum atomic E-state index is -0.929. The fraction of sp³-hybridized carbons (Fsp3) is 0.250. The van der Waals surface area contributed by atoms with Gasteiger partial charge in [-0.1, -0.05) is 24.8 Å². The van der Waals surface area contributed by atoms with Gasteiger partial charge in [-0.2, -0.15) is 0 Å². The van der Waals surface area contributed by atoms with Gasteiger partial charge in [0.15, 0.2) is 11.6 Å². The molecule has 0 spiro atoms. The second-order valence-corrected chi connectivity index (χ2v) is 6.69. The molecule has 6 heteroatoms. The molecule has 0 atom stereocenters. The summed E-state index contributed by atoms with van der Waals surface area (Å²) in [4.78, 5) is 25.3. The average molecular weight is 414 g/mol. The number of aliphatic hydroxyl groups excluding tert-OH is 1. The first-order valence-corrected chi connectivity index (χ1v) is 9.48. The van der Waals surface area contributed by atoms with E-state index in [4.69, 9.17) is 9.84 Å². The number of hydrogen-bond donors (Lipinski definition) is 1. The summed E-state index contributed by atoms with van der Waals surface area (Å²) in [5, 5.41) is 8.91. The molecule has 2 aromatic rings. The number of Topliss-reactive ketones (excluding diaryl/α,β-unsaturated/α-hetero) is 2. The molecule has 2 aromatic carbocycles. The van der Waals surface area contributed by atoms with Gasteiger partial charge in [0.25, 0.3) is 0 Å². The predicted molar refractivity (Wildman–Crippen MR) is 112 cm³/mol. The molecule has 2 rings (SSSR count). The molecule has 0 unspecified atom stereocenters. The van der Waals surface area contributed by atoms with E-state index in [0.29, 0.717) is 5.75 Å². The number of hydrogen-bond acceptors (Lipinski definition) is 4. The molecule has 0 aliphatic heterocycles. The maximum absolute atomic E-state index is 14.7. The lowest BCUT2D eigenvalue weighted by molar-refractivity contribution is -0.115. The van der Waals surface area contributed by atoms with Crippen molar-refractivity contribution in [2.24, 2.45) is 0 Å². The first kappa shape index (κ1) is 23.2. The number of benzene rings is 2. The van der Waals surface area contributed by atoms with Crippen molar-refractivity contribution in [2.45, 2.75) is 26.2 Å². The standard InChI is InChI=1S/C24H24F2O4/c1-4-18(21(28)6-5-13-27)24(29)23-20(26)12-11-19(25)22(23)15(2)14-16-7-9-17(30-3)10-8-16/h4,7-12,27H,2,5-6,13-14H2,1,3H3/b18-4-. The van der Waals surface area contributed by atoms with E-state index in [1.807, 2.05) is 0 Å². The number of rotatable bonds is 10. The summed E-state index contributed by atoms with van der Waals surface area (Å²) >= 11 is 0. The molecule has 0 fully saturated rings. The van der Waals surface area contributed by atoms with Crippen molar-refractivity contribution in [1.82, 2.24) is 0 Å². The zero-order chi connectivity index (χ0) is 22.3. The maximum Gasteiger partial charge on any atom is 0.199 e. The first-order valence-electron chi connectivity index (χ1n) is 9.48. The molecule has 4 nitrogen and oxygen atoms in total. The van der Waals surface area contributed by atoms with Crippen molar-refractivity contribution in [1.29, 1.82) is 0 Å². The Labute approximate surface area is 174 Å². The number of methoxy groups -OCH3 is 1. The van der Waals surface area contributed by atoms with E-state index in [9.17, 15) is 18.4 Å². The van der Waals surface area contributed by atoms with Gasteiger partial charge >= 0.3 is 0 Å². The van der Waals surface area contributed by atoms with E-state index in [2.05, 4.69) is 6.58 Å². The molecule has 1 N–H and O–H groups in total. The van der Waals surface area contributed by atoms with Crippen LogP contribution in [0.15, 0.2) is 54.6 Å². The summed E-state index contributed by atoms with van der Waals surface area (Å²) in [6, 6.07) is 8.78. The highest BCUT2D eigenvalue weighted by atomic mass is 19.1. The van der Waals surface area contributed by atoms with Crippen LogP contribution in [0.25, 0.3) is 5.57 Å². The van der Waals surface area contributed by atoms with E-state index in [0.717, 1.165) is 17.7 Å². The lowest BCUT2D eigenvalue weighted by Gasteiger charge is -2.15. The van der Waals surface area contributed by atoms with Gasteiger partial charge in [-0.3, -0.25) is 9.59 Å². The first-order chi connectivity index (χ1) is 14.3. The van der Waals surface area contributed by atoms with E-state index in [-0.39, 0.29) is 42.6 Å². The van der Waals surface area contributed by atoms with Crippen LogP contribution in [-0.2, 0) is 11.2 Å². The highest BCUT2D eigenvalue weighted by Crippen LogP contribution is 2.29. The molecule has 0 aliphatic rings. The third kappa shape index (κ3) is 5.27. The number of ketones is 2. The third-order valence-corrected chi connectivity index (χ3v) is 4.66. The van der Waals surface area contributed by atoms with E-state index in [1.54, 1.807) is 24.3 Å². The van der Waals surface area contributed by atoms with Crippen LogP contribution in [0.3, 0.4) is 0 Å². The molecule has 158 valence electrons. The highest BCUT2D eigenvalue weighted by molar-refractivity contribution is 6.27. The molecule has 0 radical (unpaired) electrons. The van der Waals surface area contributed by atoms with E-state index >= 15 is 0 Å². The van der Waals surface area contributed by atoms with Gasteiger partial charge in [0, 0.05) is 18.6 Å². The Morgan fingerprint density at radius 1 is 1.07 bits per heavy atom. The molecular formula is C24H24F2O4. The zero-order valence-electron chi connectivity index (χ0n) is 17.0. The number of halogens is 2. The van der Waals surface area contributed by atoms with Crippen LogP contribution in [0.1, 0.15) is 41.3 Å². The Bertz CT molecular complexity index is 975. The largest absolute Gasteiger partial charge is 0.497 e. The number of carbonyl (C=O) groups is 2. The normalized spacial score (nSPS) is 11.3. The Hall–Kier alpha value is -3.12. The fourth-order valence-corrected chi connectivity index (χ4v) is 3.13. The van der Waals surface area contributed by atoms with Crippen LogP contribution < -0.4 is 4.74 Å². The lowest BCUT2D eigenvalue weighted by atomic mass is 9.89. The minimum absolute atomic E-state index is 0.0685. The molecule has 0 saturated carbocycles. The second kappa shape index (κ2) is 10.6.